The summed E-state index contributed by atoms with van der Waals surface area (Å²) in [5, 5.41) is 0. The zero-order valence-electron chi connectivity index (χ0n) is 16.1. The minimum absolute atomic E-state index is 0.485. The Hall–Kier alpha value is -2.98. The molecule has 0 radical (unpaired) electrons. The number of hydrogen-bond acceptors (Lipinski definition) is 4. The van der Waals surface area contributed by atoms with Gasteiger partial charge in [-0.2, -0.15) is 0 Å². The third-order valence-corrected chi connectivity index (χ3v) is 4.29. The topological polar surface area (TPSA) is 53.7 Å². The molecule has 3 aromatic carbocycles. The summed E-state index contributed by atoms with van der Waals surface area (Å²) in [6, 6.07) is 25.9. The molecule has 0 heterocycles. The highest BCUT2D eigenvalue weighted by Gasteiger charge is 1.99. The number of ether oxygens (including phenoxy) is 3. The third-order valence-electron chi connectivity index (χ3n) is 4.29. The van der Waals surface area contributed by atoms with E-state index in [1.807, 2.05) is 66.7 Å². The fourth-order valence-corrected chi connectivity index (χ4v) is 2.75. The van der Waals surface area contributed by atoms with Crippen LogP contribution < -0.4 is 19.9 Å². The molecule has 3 rings (SSSR count). The maximum atomic E-state index is 5.78. The van der Waals surface area contributed by atoms with E-state index >= 15 is 0 Å². The van der Waals surface area contributed by atoms with Gasteiger partial charge in [0.25, 0.3) is 0 Å². The zero-order valence-corrected chi connectivity index (χ0v) is 16.1. The third kappa shape index (κ3) is 6.63. The number of hydrogen-bond donors (Lipinski definition) is 1. The van der Waals surface area contributed by atoms with E-state index in [9.17, 15) is 0 Å². The van der Waals surface area contributed by atoms with Crippen LogP contribution >= 0.6 is 0 Å². The van der Waals surface area contributed by atoms with Gasteiger partial charge in [-0.15, -0.1) is 0 Å². The monoisotopic (exact) mass is 377 g/mol. The molecule has 0 spiro atoms. The minimum atomic E-state index is 0.485. The Kier molecular flexibility index (Phi) is 7.77. The lowest BCUT2D eigenvalue weighted by molar-refractivity contribution is 0.217. The van der Waals surface area contributed by atoms with Crippen LogP contribution in [0.25, 0.3) is 0 Å². The van der Waals surface area contributed by atoms with Crippen LogP contribution in [0.3, 0.4) is 0 Å². The van der Waals surface area contributed by atoms with Crippen molar-refractivity contribution in [1.29, 1.82) is 0 Å². The van der Waals surface area contributed by atoms with Crippen LogP contribution in [0.4, 0.5) is 0 Å². The molecule has 3 aromatic rings. The van der Waals surface area contributed by atoms with Gasteiger partial charge in [-0.1, -0.05) is 42.5 Å². The molecule has 4 heteroatoms. The van der Waals surface area contributed by atoms with Crippen molar-refractivity contribution in [1.82, 2.24) is 0 Å². The van der Waals surface area contributed by atoms with Crippen LogP contribution in [-0.2, 0) is 13.0 Å². The summed E-state index contributed by atoms with van der Waals surface area (Å²) in [7, 11) is 0. The lowest BCUT2D eigenvalue weighted by Gasteiger charge is -2.10. The molecular weight excluding hydrogens is 350 g/mol. The Morgan fingerprint density at radius 2 is 1.11 bits per heavy atom. The van der Waals surface area contributed by atoms with Crippen LogP contribution in [0, 0.1) is 0 Å². The van der Waals surface area contributed by atoms with Gasteiger partial charge in [-0.05, 0) is 66.9 Å². The van der Waals surface area contributed by atoms with E-state index in [4.69, 9.17) is 19.9 Å². The molecule has 0 amide bonds. The summed E-state index contributed by atoms with van der Waals surface area (Å²) in [6.45, 7) is 2.25. The Bertz CT molecular complexity index is 802. The largest absolute Gasteiger partial charge is 0.490 e. The molecule has 2 N–H and O–H groups in total. The maximum Gasteiger partial charge on any atom is 0.122 e. The van der Waals surface area contributed by atoms with Crippen LogP contribution in [0.1, 0.15) is 17.5 Å². The predicted octanol–water partition coefficient (Wildman–Crippen LogP) is 4.61. The average Bonchev–Trinajstić information content (AvgIpc) is 2.76. The fourth-order valence-electron chi connectivity index (χ4n) is 2.75. The standard InChI is InChI=1S/C24H27NO3/c25-16-4-7-20-8-10-22(11-9-20)26-17-18-27-23-12-14-24(15-13-23)28-19-21-5-2-1-3-6-21/h1-3,5-6,8-15H,4,7,16-19,25H2. The first kappa shape index (κ1) is 19.8. The first-order chi connectivity index (χ1) is 13.8. The molecule has 0 atom stereocenters. The van der Waals surface area contributed by atoms with Gasteiger partial charge in [-0.25, -0.2) is 0 Å². The lowest BCUT2D eigenvalue weighted by atomic mass is 10.1. The summed E-state index contributed by atoms with van der Waals surface area (Å²) in [6.07, 6.45) is 2.01. The second-order valence-corrected chi connectivity index (χ2v) is 6.48. The molecule has 0 aliphatic rings. The van der Waals surface area contributed by atoms with Crippen molar-refractivity contribution in [2.45, 2.75) is 19.4 Å². The van der Waals surface area contributed by atoms with Crippen LogP contribution in [0.2, 0.25) is 0 Å². The molecule has 146 valence electrons. The Labute approximate surface area is 166 Å². The van der Waals surface area contributed by atoms with E-state index in [0.717, 1.165) is 42.2 Å². The molecule has 28 heavy (non-hydrogen) atoms. The van der Waals surface area contributed by atoms with Gasteiger partial charge in [0.15, 0.2) is 0 Å². The highest BCUT2D eigenvalue weighted by Crippen LogP contribution is 2.19. The van der Waals surface area contributed by atoms with Gasteiger partial charge in [0.1, 0.15) is 37.1 Å². The normalized spacial score (nSPS) is 10.5. The molecular formula is C24H27NO3. The van der Waals surface area contributed by atoms with Crippen LogP contribution in [-0.4, -0.2) is 19.8 Å². The van der Waals surface area contributed by atoms with Crippen LogP contribution in [0.15, 0.2) is 78.9 Å². The van der Waals surface area contributed by atoms with E-state index in [0.29, 0.717) is 19.8 Å². The van der Waals surface area contributed by atoms with E-state index in [-0.39, 0.29) is 0 Å². The Morgan fingerprint density at radius 1 is 0.571 bits per heavy atom. The van der Waals surface area contributed by atoms with Crippen molar-refractivity contribution >= 4 is 0 Å². The number of aryl methyl sites for hydroxylation is 1. The summed E-state index contributed by atoms with van der Waals surface area (Å²) in [5.74, 6) is 2.47. The van der Waals surface area contributed by atoms with E-state index < -0.39 is 0 Å². The summed E-state index contributed by atoms with van der Waals surface area (Å²) in [4.78, 5) is 0. The predicted molar refractivity (Wildman–Crippen MR) is 112 cm³/mol. The van der Waals surface area contributed by atoms with Gasteiger partial charge in [-0.3, -0.25) is 0 Å². The number of benzene rings is 3. The Balaban J connectivity index is 1.35. The zero-order chi connectivity index (χ0) is 19.4. The van der Waals surface area contributed by atoms with Gasteiger partial charge in [0.2, 0.25) is 0 Å². The fraction of sp³-hybridized carbons (Fsp3) is 0.250. The summed E-state index contributed by atoms with van der Waals surface area (Å²) in [5.41, 5.74) is 7.96. The lowest BCUT2D eigenvalue weighted by Crippen LogP contribution is -2.09. The van der Waals surface area contributed by atoms with Gasteiger partial charge >= 0.3 is 0 Å². The minimum Gasteiger partial charge on any atom is -0.490 e. The number of nitrogens with two attached hydrogens (primary N) is 1. The summed E-state index contributed by atoms with van der Waals surface area (Å²) < 4.78 is 17.2. The Morgan fingerprint density at radius 3 is 1.68 bits per heavy atom. The van der Waals surface area contributed by atoms with Crippen molar-refractivity contribution in [3.8, 4) is 17.2 Å². The van der Waals surface area contributed by atoms with Crippen molar-refractivity contribution in [2.75, 3.05) is 19.8 Å². The van der Waals surface area contributed by atoms with Gasteiger partial charge < -0.3 is 19.9 Å². The molecule has 4 nitrogen and oxygen atoms in total. The molecule has 0 aliphatic carbocycles. The molecule has 0 aromatic heterocycles. The van der Waals surface area contributed by atoms with Crippen LogP contribution in [0.5, 0.6) is 17.2 Å². The highest BCUT2D eigenvalue weighted by molar-refractivity contribution is 5.31. The molecule has 0 bridgehead atoms. The molecule has 0 aliphatic heterocycles. The second kappa shape index (κ2) is 11.0. The van der Waals surface area contributed by atoms with E-state index in [1.165, 1.54) is 5.56 Å². The van der Waals surface area contributed by atoms with Gasteiger partial charge in [0, 0.05) is 0 Å². The van der Waals surface area contributed by atoms with E-state index in [1.54, 1.807) is 0 Å². The SMILES string of the molecule is NCCCc1ccc(OCCOc2ccc(OCc3ccccc3)cc2)cc1. The number of rotatable bonds is 11. The average molecular weight is 377 g/mol. The molecule has 0 unspecified atom stereocenters. The first-order valence-corrected chi connectivity index (χ1v) is 9.65. The van der Waals surface area contributed by atoms with E-state index in [2.05, 4.69) is 12.1 Å². The summed E-state index contributed by atoms with van der Waals surface area (Å²) >= 11 is 0. The van der Waals surface area contributed by atoms with Crippen molar-refractivity contribution < 1.29 is 14.2 Å². The van der Waals surface area contributed by atoms with Gasteiger partial charge in [0.05, 0.1) is 0 Å². The molecule has 0 saturated carbocycles. The maximum absolute atomic E-state index is 5.78. The molecule has 0 saturated heterocycles. The molecule has 0 fully saturated rings. The quantitative estimate of drug-likeness (QED) is 0.496. The smallest absolute Gasteiger partial charge is 0.122 e. The van der Waals surface area contributed by atoms with Crippen molar-refractivity contribution in [3.63, 3.8) is 0 Å². The van der Waals surface area contributed by atoms with Crippen molar-refractivity contribution in [3.05, 3.63) is 90.0 Å². The highest BCUT2D eigenvalue weighted by atomic mass is 16.5. The van der Waals surface area contributed by atoms with Crippen molar-refractivity contribution in [2.24, 2.45) is 5.73 Å². The second-order valence-electron chi connectivity index (χ2n) is 6.48. The first-order valence-electron chi connectivity index (χ1n) is 9.65.